The topological polar surface area (TPSA) is 47.5 Å². The summed E-state index contributed by atoms with van der Waals surface area (Å²) in [7, 11) is -0.250. The minimum absolute atomic E-state index is 0.250. The van der Waals surface area contributed by atoms with Crippen LogP contribution in [0.4, 0.5) is 0 Å². The van der Waals surface area contributed by atoms with E-state index in [2.05, 4.69) is 11.9 Å². The molecule has 0 N–H and O–H groups in total. The standard InChI is InChI=1S/C18H16N5S.CH4/c1-13-14(2)24-18(19-13)23-21-17(15-9-5-3-6-10-15)20-22(23)16-11-7-4-8-12-16;/h3-12H,1-2H3;1H4/q+1;/i;1T2. The third-order valence-corrected chi connectivity index (χ3v) is 4.80. The van der Waals surface area contributed by atoms with E-state index in [1.807, 2.05) is 67.6 Å². The van der Waals surface area contributed by atoms with Crippen molar-refractivity contribution in [1.29, 1.82) is 0 Å². The summed E-state index contributed by atoms with van der Waals surface area (Å²) >= 11 is 1.61. The van der Waals surface area contributed by atoms with E-state index in [9.17, 15) is 0 Å². The highest BCUT2D eigenvalue weighted by Crippen LogP contribution is 2.18. The van der Waals surface area contributed by atoms with Crippen molar-refractivity contribution in [2.45, 2.75) is 21.2 Å². The summed E-state index contributed by atoms with van der Waals surface area (Å²) in [5.74, 6) is 0.671. The minimum atomic E-state index is -0.250. The average Bonchev–Trinajstić information content (AvgIpc) is 3.28. The number of hydrogen-bond donors (Lipinski definition) is 0. The van der Waals surface area contributed by atoms with Crippen LogP contribution in [0.1, 0.15) is 20.7 Å². The van der Waals surface area contributed by atoms with Crippen LogP contribution < -0.4 is 4.80 Å². The molecule has 4 rings (SSSR count). The van der Waals surface area contributed by atoms with Gasteiger partial charge in [-0.05, 0) is 52.8 Å². The molecule has 126 valence electrons. The van der Waals surface area contributed by atoms with Crippen LogP contribution in [-0.2, 0) is 0 Å². The minimum Gasteiger partial charge on any atom is -0.0938 e. The van der Waals surface area contributed by atoms with E-state index in [0.717, 1.165) is 22.1 Å². The Kier molecular flexibility index (Phi) is 4.02. The summed E-state index contributed by atoms with van der Waals surface area (Å²) in [6.45, 7) is 4.08. The maximum Gasteiger partial charge on any atom is 0.364 e. The van der Waals surface area contributed by atoms with Crippen molar-refractivity contribution in [3.05, 3.63) is 71.2 Å². The summed E-state index contributed by atoms with van der Waals surface area (Å²) < 4.78 is 11.8. The van der Waals surface area contributed by atoms with E-state index in [1.54, 1.807) is 20.9 Å². The lowest BCUT2D eigenvalue weighted by molar-refractivity contribution is -0.734. The molecule has 0 radical (unpaired) electrons. The summed E-state index contributed by atoms with van der Waals surface area (Å²) in [5, 5.41) is 10.2. The van der Waals surface area contributed by atoms with Crippen LogP contribution in [-0.4, -0.2) is 20.0 Å². The van der Waals surface area contributed by atoms with Crippen LogP contribution in [0.5, 0.6) is 0 Å². The van der Waals surface area contributed by atoms with Gasteiger partial charge in [-0.15, -0.1) is 0 Å². The first-order chi connectivity index (χ1) is 13.1. The maximum atomic E-state index is 5.88. The van der Waals surface area contributed by atoms with Gasteiger partial charge in [-0.2, -0.15) is 0 Å². The molecular formula is C19H20N5S+. The number of rotatable bonds is 3. The molecule has 0 saturated carbocycles. The van der Waals surface area contributed by atoms with Gasteiger partial charge in [0.1, 0.15) is 11.4 Å². The predicted molar refractivity (Wildman–Crippen MR) is 100 cm³/mol. The van der Waals surface area contributed by atoms with Crippen molar-refractivity contribution >= 4 is 11.3 Å². The Bertz CT molecular complexity index is 980. The number of para-hydroxylation sites is 1. The first-order valence-corrected chi connectivity index (χ1v) is 8.49. The Balaban J connectivity index is 0.000000659. The van der Waals surface area contributed by atoms with Crippen molar-refractivity contribution in [3.8, 4) is 22.2 Å². The molecule has 5 nitrogen and oxygen atoms in total. The summed E-state index contributed by atoms with van der Waals surface area (Å²) in [6.07, 6.45) is 0. The van der Waals surface area contributed by atoms with E-state index in [1.165, 1.54) is 4.88 Å². The van der Waals surface area contributed by atoms with E-state index in [-0.39, 0.29) is 7.38 Å². The lowest BCUT2D eigenvalue weighted by Gasteiger charge is -1.97. The van der Waals surface area contributed by atoms with Crippen LogP contribution >= 0.6 is 11.3 Å². The SMILES string of the molecule is Cc1nc(-[n+]2nc(-c3ccccc3)nn2-c2ccccc2)sc1C.[3H]C[3H]. The van der Waals surface area contributed by atoms with Gasteiger partial charge in [0.25, 0.3) is 5.82 Å². The molecule has 2 heterocycles. The molecule has 2 aromatic heterocycles. The molecular weight excluding hydrogens is 330 g/mol. The van der Waals surface area contributed by atoms with E-state index in [0.29, 0.717) is 5.82 Å². The zero-order valence-electron chi connectivity index (χ0n) is 16.1. The maximum absolute atomic E-state index is 5.88. The fraction of sp³-hybridized carbons (Fsp3) is 0.158. The molecule has 0 atom stereocenters. The Labute approximate surface area is 154 Å². The fourth-order valence-electron chi connectivity index (χ4n) is 2.38. The summed E-state index contributed by atoms with van der Waals surface area (Å²) in [5.41, 5.74) is 2.94. The van der Waals surface area contributed by atoms with Crippen LogP contribution in [0, 0.1) is 13.8 Å². The van der Waals surface area contributed by atoms with Gasteiger partial charge in [0, 0.05) is 18.3 Å². The Morgan fingerprint density at radius 1 is 1.04 bits per heavy atom. The second-order valence-corrected chi connectivity index (χ2v) is 6.62. The summed E-state index contributed by atoms with van der Waals surface area (Å²) in [6, 6.07) is 20.0. The molecule has 25 heavy (non-hydrogen) atoms. The molecule has 0 saturated heterocycles. The Morgan fingerprint density at radius 3 is 2.28 bits per heavy atom. The molecule has 0 unspecified atom stereocenters. The van der Waals surface area contributed by atoms with Crippen LogP contribution in [0.25, 0.3) is 22.2 Å². The van der Waals surface area contributed by atoms with Crippen molar-refractivity contribution < 1.29 is 7.54 Å². The predicted octanol–water partition coefficient (Wildman–Crippen LogP) is 3.92. The highest BCUT2D eigenvalue weighted by atomic mass is 32.1. The smallest absolute Gasteiger partial charge is 0.0938 e. The van der Waals surface area contributed by atoms with Crippen LogP contribution in [0.15, 0.2) is 60.7 Å². The molecule has 4 aromatic rings. The highest BCUT2D eigenvalue weighted by molar-refractivity contribution is 7.13. The fourth-order valence-corrected chi connectivity index (χ4v) is 3.23. The van der Waals surface area contributed by atoms with Gasteiger partial charge in [0.2, 0.25) is 0 Å². The zero-order valence-corrected chi connectivity index (χ0v) is 14.9. The number of thiazole rings is 1. The third kappa shape index (κ3) is 3.21. The molecule has 0 aliphatic carbocycles. The molecule has 0 aliphatic heterocycles. The normalized spacial score (nSPS) is 11.3. The van der Waals surface area contributed by atoms with Gasteiger partial charge in [-0.3, -0.25) is 0 Å². The first kappa shape index (κ1) is 14.5. The second kappa shape index (κ2) is 6.94. The molecule has 0 fully saturated rings. The van der Waals surface area contributed by atoms with Crippen LogP contribution in [0.3, 0.4) is 0 Å². The first-order valence-electron chi connectivity index (χ1n) is 9.09. The number of aromatic nitrogens is 5. The lowest BCUT2D eigenvalue weighted by atomic mass is 10.2. The summed E-state index contributed by atoms with van der Waals surface area (Å²) in [4.78, 5) is 9.37. The van der Waals surface area contributed by atoms with Crippen molar-refractivity contribution in [2.24, 2.45) is 0 Å². The van der Waals surface area contributed by atoms with Gasteiger partial charge in [0.05, 0.1) is 0 Å². The Hall–Kier alpha value is -2.86. The molecule has 0 bridgehead atoms. The van der Waals surface area contributed by atoms with Gasteiger partial charge in [-0.1, -0.05) is 60.1 Å². The van der Waals surface area contributed by atoms with Gasteiger partial charge in [0.15, 0.2) is 0 Å². The number of hydrogen-bond acceptors (Lipinski definition) is 4. The zero-order chi connectivity index (χ0) is 19.2. The number of aryl methyl sites for hydroxylation is 2. The lowest BCUT2D eigenvalue weighted by Crippen LogP contribution is -2.43. The molecule has 2 aromatic carbocycles. The van der Waals surface area contributed by atoms with Gasteiger partial charge < -0.3 is 0 Å². The second-order valence-electron chi connectivity index (χ2n) is 5.44. The molecule has 0 spiro atoms. The quantitative estimate of drug-likeness (QED) is 0.524. The van der Waals surface area contributed by atoms with Gasteiger partial charge >= 0.3 is 5.13 Å². The highest BCUT2D eigenvalue weighted by Gasteiger charge is 2.24. The monoisotopic (exact) mass is 354 g/mol. The number of tetrazole rings is 1. The van der Waals surface area contributed by atoms with E-state index < -0.39 is 0 Å². The number of benzene rings is 2. The van der Waals surface area contributed by atoms with Crippen molar-refractivity contribution in [3.63, 3.8) is 0 Å². The molecule has 0 amide bonds. The molecule has 6 heteroatoms. The number of nitrogens with zero attached hydrogens (tertiary/aromatic N) is 5. The van der Waals surface area contributed by atoms with E-state index in [4.69, 9.17) is 12.9 Å². The van der Waals surface area contributed by atoms with Crippen molar-refractivity contribution in [2.75, 3.05) is 0 Å². The molecule has 0 aliphatic rings. The third-order valence-electron chi connectivity index (χ3n) is 3.77. The average molecular weight is 354 g/mol. The van der Waals surface area contributed by atoms with Crippen LogP contribution in [0.2, 0.25) is 0 Å². The van der Waals surface area contributed by atoms with Crippen molar-refractivity contribution in [1.82, 2.24) is 20.0 Å². The Morgan fingerprint density at radius 2 is 1.68 bits per heavy atom. The largest absolute Gasteiger partial charge is 0.364 e. The van der Waals surface area contributed by atoms with E-state index >= 15 is 0 Å². The van der Waals surface area contributed by atoms with Gasteiger partial charge in [-0.25, -0.2) is 0 Å².